The molecular formula is C22H27F3INO3. The first-order valence-corrected chi connectivity index (χ1v) is 9.47. The fraction of sp³-hybridized carbons (Fsp3) is 0.409. The Kier molecular flexibility index (Phi) is 10.1. The molecule has 0 aliphatic heterocycles. The normalized spacial score (nSPS) is 12.6. The van der Waals surface area contributed by atoms with Gasteiger partial charge in [0.25, 0.3) is 0 Å². The Morgan fingerprint density at radius 3 is 2.17 bits per heavy atom. The largest absolute Gasteiger partial charge is 1.00 e. The Hall–Kier alpha value is -1.81. The van der Waals surface area contributed by atoms with E-state index < -0.39 is 11.7 Å². The third-order valence-electron chi connectivity index (χ3n) is 4.49. The van der Waals surface area contributed by atoms with Crippen molar-refractivity contribution in [1.29, 1.82) is 0 Å². The summed E-state index contributed by atoms with van der Waals surface area (Å²) in [7, 11) is 3.86. The van der Waals surface area contributed by atoms with Gasteiger partial charge in [0.1, 0.15) is 11.9 Å². The van der Waals surface area contributed by atoms with E-state index in [9.17, 15) is 18.0 Å². The Bertz CT molecular complexity index is 780. The average Bonchev–Trinajstić information content (AvgIpc) is 2.65. The molecular weight excluding hydrogens is 510 g/mol. The van der Waals surface area contributed by atoms with Gasteiger partial charge in [-0.3, -0.25) is 0 Å². The minimum atomic E-state index is -4.38. The summed E-state index contributed by atoms with van der Waals surface area (Å²) in [6, 6.07) is 14.2. The van der Waals surface area contributed by atoms with Gasteiger partial charge in [0.2, 0.25) is 0 Å². The van der Waals surface area contributed by atoms with Crippen LogP contribution in [0.25, 0.3) is 0 Å². The molecule has 1 unspecified atom stereocenters. The standard InChI is InChI=1S/C22H27F3NO3.HI/c1-4-28-21(27)16-26(2,3)15-14-20(17-8-6-5-7-9-17)29-19-12-10-18(11-13-19)22(23,24)25;/h5-13,20H,4,14-16H2,1-3H3;1H/q+1;/p-1. The highest BCUT2D eigenvalue weighted by Crippen LogP contribution is 2.32. The lowest BCUT2D eigenvalue weighted by Gasteiger charge is -2.30. The molecule has 0 N–H and O–H groups in total. The van der Waals surface area contributed by atoms with E-state index >= 15 is 0 Å². The van der Waals surface area contributed by atoms with Crippen molar-refractivity contribution in [1.82, 2.24) is 0 Å². The van der Waals surface area contributed by atoms with Crippen LogP contribution in [0.2, 0.25) is 0 Å². The zero-order chi connectivity index (χ0) is 21.5. The first kappa shape index (κ1) is 26.2. The third kappa shape index (κ3) is 8.51. The van der Waals surface area contributed by atoms with Gasteiger partial charge in [-0.2, -0.15) is 13.2 Å². The molecule has 0 heterocycles. The van der Waals surface area contributed by atoms with Crippen LogP contribution >= 0.6 is 0 Å². The number of likely N-dealkylation sites (N-methyl/N-ethyl adjacent to an activating group) is 1. The Morgan fingerprint density at radius 1 is 1.03 bits per heavy atom. The number of nitrogens with zero attached hydrogens (tertiary/aromatic N) is 1. The fourth-order valence-corrected chi connectivity index (χ4v) is 2.95. The van der Waals surface area contributed by atoms with Gasteiger partial charge in [-0.1, -0.05) is 30.3 Å². The maximum atomic E-state index is 12.8. The quantitative estimate of drug-likeness (QED) is 0.279. The molecule has 1 atom stereocenters. The fourth-order valence-electron chi connectivity index (χ4n) is 2.95. The summed E-state index contributed by atoms with van der Waals surface area (Å²) in [6.45, 7) is 2.96. The first-order valence-electron chi connectivity index (χ1n) is 9.47. The molecule has 166 valence electrons. The molecule has 2 aromatic carbocycles. The van der Waals surface area contributed by atoms with Crippen molar-refractivity contribution in [3.8, 4) is 5.75 Å². The maximum absolute atomic E-state index is 12.8. The van der Waals surface area contributed by atoms with Crippen molar-refractivity contribution in [3.05, 3.63) is 65.7 Å². The summed E-state index contributed by atoms with van der Waals surface area (Å²) in [5.41, 5.74) is 0.205. The van der Waals surface area contributed by atoms with E-state index in [0.717, 1.165) is 17.7 Å². The highest BCUT2D eigenvalue weighted by atomic mass is 127. The second kappa shape index (κ2) is 11.5. The van der Waals surface area contributed by atoms with Crippen molar-refractivity contribution in [2.24, 2.45) is 0 Å². The SMILES string of the molecule is CCOC(=O)C[N+](C)(C)CCC(Oc1ccc(C(F)(F)F)cc1)c1ccccc1.[I-]. The van der Waals surface area contributed by atoms with Crippen molar-refractivity contribution in [2.45, 2.75) is 25.6 Å². The van der Waals surface area contributed by atoms with Crippen molar-refractivity contribution < 1.29 is 55.9 Å². The molecule has 0 spiro atoms. The number of carbonyl (C=O) groups excluding carboxylic acids is 1. The van der Waals surface area contributed by atoms with Crippen LogP contribution in [-0.4, -0.2) is 44.2 Å². The van der Waals surface area contributed by atoms with Gasteiger partial charge in [-0.05, 0) is 36.8 Å². The van der Waals surface area contributed by atoms with Crippen molar-refractivity contribution in [3.63, 3.8) is 0 Å². The van der Waals surface area contributed by atoms with Crippen LogP contribution in [0.15, 0.2) is 54.6 Å². The van der Waals surface area contributed by atoms with Gasteiger partial charge < -0.3 is 37.9 Å². The molecule has 0 saturated heterocycles. The van der Waals surface area contributed by atoms with E-state index in [1.54, 1.807) is 6.92 Å². The van der Waals surface area contributed by atoms with Crippen molar-refractivity contribution >= 4 is 5.97 Å². The number of rotatable bonds is 9. The number of quaternary nitrogens is 1. The lowest BCUT2D eigenvalue weighted by molar-refractivity contribution is -0.883. The topological polar surface area (TPSA) is 35.5 Å². The number of carbonyl (C=O) groups is 1. The predicted molar refractivity (Wildman–Crippen MR) is 104 cm³/mol. The van der Waals surface area contributed by atoms with Crippen LogP contribution in [-0.2, 0) is 15.7 Å². The molecule has 0 radical (unpaired) electrons. The van der Waals surface area contributed by atoms with Gasteiger partial charge in [-0.15, -0.1) is 0 Å². The molecule has 0 aliphatic rings. The van der Waals surface area contributed by atoms with Gasteiger partial charge in [0.05, 0.1) is 32.8 Å². The Balaban J connectivity index is 0.00000450. The van der Waals surface area contributed by atoms with Crippen LogP contribution in [0.3, 0.4) is 0 Å². The first-order chi connectivity index (χ1) is 13.6. The monoisotopic (exact) mass is 537 g/mol. The minimum Gasteiger partial charge on any atom is -1.00 e. The molecule has 4 nitrogen and oxygen atoms in total. The molecule has 0 bridgehead atoms. The van der Waals surface area contributed by atoms with Gasteiger partial charge in [0, 0.05) is 6.42 Å². The van der Waals surface area contributed by atoms with Crippen LogP contribution in [0, 0.1) is 0 Å². The zero-order valence-corrected chi connectivity index (χ0v) is 19.4. The minimum absolute atomic E-state index is 0. The Morgan fingerprint density at radius 2 is 1.63 bits per heavy atom. The lowest BCUT2D eigenvalue weighted by Crippen LogP contribution is -3.00. The van der Waals surface area contributed by atoms with E-state index in [0.29, 0.717) is 29.8 Å². The number of ether oxygens (including phenoxy) is 2. The summed E-state index contributed by atoms with van der Waals surface area (Å²) in [4.78, 5) is 11.8. The van der Waals surface area contributed by atoms with Crippen molar-refractivity contribution in [2.75, 3.05) is 33.8 Å². The van der Waals surface area contributed by atoms with Gasteiger partial charge in [0.15, 0.2) is 6.54 Å². The molecule has 0 saturated carbocycles. The number of halogens is 4. The zero-order valence-electron chi connectivity index (χ0n) is 17.3. The maximum Gasteiger partial charge on any atom is 0.416 e. The second-order valence-corrected chi connectivity index (χ2v) is 7.45. The van der Waals surface area contributed by atoms with E-state index in [4.69, 9.17) is 9.47 Å². The summed E-state index contributed by atoms with van der Waals surface area (Å²) >= 11 is 0. The molecule has 0 aromatic heterocycles. The highest BCUT2D eigenvalue weighted by molar-refractivity contribution is 5.70. The van der Waals surface area contributed by atoms with Gasteiger partial charge in [-0.25, -0.2) is 4.79 Å². The number of alkyl halides is 3. The van der Waals surface area contributed by atoms with Crippen LogP contribution in [0.5, 0.6) is 5.75 Å². The Labute approximate surface area is 192 Å². The summed E-state index contributed by atoms with van der Waals surface area (Å²) in [5.74, 6) is 0.0972. The van der Waals surface area contributed by atoms with Gasteiger partial charge >= 0.3 is 12.1 Å². The molecule has 8 heteroatoms. The molecule has 2 rings (SSSR count). The molecule has 2 aromatic rings. The van der Waals surface area contributed by atoms with E-state index in [2.05, 4.69) is 0 Å². The summed E-state index contributed by atoms with van der Waals surface area (Å²) in [5, 5.41) is 0. The van der Waals surface area contributed by atoms with Crippen LogP contribution in [0.1, 0.15) is 30.6 Å². The number of hydrogen-bond acceptors (Lipinski definition) is 3. The third-order valence-corrected chi connectivity index (χ3v) is 4.49. The number of hydrogen-bond donors (Lipinski definition) is 0. The van der Waals surface area contributed by atoms with Crippen LogP contribution in [0.4, 0.5) is 13.2 Å². The molecule has 0 fully saturated rings. The molecule has 0 aliphatic carbocycles. The molecule has 0 amide bonds. The van der Waals surface area contributed by atoms with Crippen LogP contribution < -0.4 is 28.7 Å². The predicted octanol–water partition coefficient (Wildman–Crippen LogP) is 1.86. The summed E-state index contributed by atoms with van der Waals surface area (Å²) in [6.07, 6.45) is -4.16. The molecule has 30 heavy (non-hydrogen) atoms. The lowest BCUT2D eigenvalue weighted by atomic mass is 10.1. The smallest absolute Gasteiger partial charge is 0.416 e. The average molecular weight is 537 g/mol. The number of esters is 1. The van der Waals surface area contributed by atoms with E-state index in [1.165, 1.54) is 12.1 Å². The van der Waals surface area contributed by atoms with E-state index in [1.807, 2.05) is 44.4 Å². The highest BCUT2D eigenvalue weighted by Gasteiger charge is 2.30. The second-order valence-electron chi connectivity index (χ2n) is 7.45. The summed E-state index contributed by atoms with van der Waals surface area (Å²) < 4.78 is 49.8. The van der Waals surface area contributed by atoms with E-state index in [-0.39, 0.29) is 42.6 Å². The number of benzene rings is 2.